The highest BCUT2D eigenvalue weighted by Gasteiger charge is 2.07. The molecule has 0 bridgehead atoms. The number of rotatable bonds is 3. The molecule has 0 aliphatic heterocycles. The van der Waals surface area contributed by atoms with Crippen molar-refractivity contribution in [3.8, 4) is 0 Å². The van der Waals surface area contributed by atoms with Gasteiger partial charge in [-0.1, -0.05) is 44.0 Å². The minimum absolute atomic E-state index is 0.403. The number of alkyl halides is 1. The fraction of sp³-hybridized carbons (Fsp3) is 0.400. The van der Waals surface area contributed by atoms with Gasteiger partial charge in [-0.2, -0.15) is 0 Å². The Balaban J connectivity index is 2.71. The molecule has 72 valence electrons. The molecule has 1 rings (SSSR count). The topological polar surface area (TPSA) is 3.24 Å². The molecule has 0 saturated heterocycles. The van der Waals surface area contributed by atoms with E-state index in [4.69, 9.17) is 0 Å². The second-order valence-electron chi connectivity index (χ2n) is 3.28. The van der Waals surface area contributed by atoms with E-state index >= 15 is 0 Å². The molecule has 0 fully saturated rings. The molecule has 0 aliphatic carbocycles. The van der Waals surface area contributed by atoms with Gasteiger partial charge >= 0.3 is 0 Å². The van der Waals surface area contributed by atoms with Gasteiger partial charge in [0.2, 0.25) is 0 Å². The lowest BCUT2D eigenvalue weighted by Crippen LogP contribution is -2.16. The van der Waals surface area contributed by atoms with Crippen LogP contribution in [0.4, 0.5) is 0 Å². The maximum Gasteiger partial charge on any atom is 0.0522 e. The van der Waals surface area contributed by atoms with Crippen molar-refractivity contribution in [2.45, 2.75) is 4.83 Å². The van der Waals surface area contributed by atoms with Gasteiger partial charge in [-0.15, -0.1) is 0 Å². The van der Waals surface area contributed by atoms with Gasteiger partial charge < -0.3 is 4.90 Å². The third kappa shape index (κ3) is 3.79. The zero-order valence-electron chi connectivity index (χ0n) is 7.80. The van der Waals surface area contributed by atoms with Gasteiger partial charge in [-0.25, -0.2) is 0 Å². The zero-order chi connectivity index (χ0) is 9.84. The Morgan fingerprint density at radius 2 is 2.08 bits per heavy atom. The Kier molecular flexibility index (Phi) is 4.42. The van der Waals surface area contributed by atoms with Crippen molar-refractivity contribution in [1.82, 2.24) is 4.90 Å². The molecule has 0 saturated carbocycles. The summed E-state index contributed by atoms with van der Waals surface area (Å²) in [7, 11) is 4.15. The van der Waals surface area contributed by atoms with E-state index in [0.29, 0.717) is 4.83 Å². The Hall–Kier alpha value is 0.140. The summed E-state index contributed by atoms with van der Waals surface area (Å²) in [4.78, 5) is 2.57. The van der Waals surface area contributed by atoms with Crippen molar-refractivity contribution in [3.63, 3.8) is 0 Å². The standard InChI is InChI=1S/C10H13Br2N/c1-13(2)7-10(12)8-4-3-5-9(11)6-8/h3-6,10H,7H2,1-2H3. The molecule has 1 aromatic rings. The highest BCUT2D eigenvalue weighted by molar-refractivity contribution is 9.10. The van der Waals surface area contributed by atoms with E-state index in [2.05, 4.69) is 69.1 Å². The van der Waals surface area contributed by atoms with E-state index in [9.17, 15) is 0 Å². The van der Waals surface area contributed by atoms with Crippen LogP contribution in [0, 0.1) is 0 Å². The van der Waals surface area contributed by atoms with Gasteiger partial charge in [0.15, 0.2) is 0 Å². The van der Waals surface area contributed by atoms with E-state index in [-0.39, 0.29) is 0 Å². The largest absolute Gasteiger partial charge is 0.308 e. The predicted octanol–water partition coefficient (Wildman–Crippen LogP) is 3.45. The van der Waals surface area contributed by atoms with Crippen LogP contribution in [0.2, 0.25) is 0 Å². The van der Waals surface area contributed by atoms with Crippen LogP contribution in [0.15, 0.2) is 28.7 Å². The van der Waals surface area contributed by atoms with E-state index < -0.39 is 0 Å². The molecule has 1 atom stereocenters. The van der Waals surface area contributed by atoms with Crippen LogP contribution in [0.25, 0.3) is 0 Å². The maximum atomic E-state index is 3.66. The third-order valence-corrected chi connectivity index (χ3v) is 3.05. The molecule has 0 heterocycles. The number of hydrogen-bond acceptors (Lipinski definition) is 1. The van der Waals surface area contributed by atoms with Gasteiger partial charge in [-0.3, -0.25) is 0 Å². The maximum absolute atomic E-state index is 3.66. The summed E-state index contributed by atoms with van der Waals surface area (Å²) in [5.41, 5.74) is 1.31. The SMILES string of the molecule is CN(C)CC(Br)c1cccc(Br)c1. The average Bonchev–Trinajstić information content (AvgIpc) is 2.03. The second kappa shape index (κ2) is 5.13. The number of nitrogens with zero attached hydrogens (tertiary/aromatic N) is 1. The highest BCUT2D eigenvalue weighted by atomic mass is 79.9. The van der Waals surface area contributed by atoms with Gasteiger partial charge in [0.1, 0.15) is 0 Å². The molecule has 0 aliphatic rings. The molecule has 0 aromatic heterocycles. The van der Waals surface area contributed by atoms with Crippen LogP contribution in [0.1, 0.15) is 10.4 Å². The van der Waals surface area contributed by atoms with Crippen LogP contribution >= 0.6 is 31.9 Å². The van der Waals surface area contributed by atoms with E-state index in [1.807, 2.05) is 6.07 Å². The Bertz CT molecular complexity index is 273. The van der Waals surface area contributed by atoms with Gasteiger partial charge in [-0.05, 0) is 31.8 Å². The van der Waals surface area contributed by atoms with Crippen molar-refractivity contribution < 1.29 is 0 Å². The van der Waals surface area contributed by atoms with Crippen LogP contribution in [0.3, 0.4) is 0 Å². The highest BCUT2D eigenvalue weighted by Crippen LogP contribution is 2.25. The minimum atomic E-state index is 0.403. The molecular weight excluding hydrogens is 294 g/mol. The molecule has 0 spiro atoms. The summed E-state index contributed by atoms with van der Waals surface area (Å²) >= 11 is 7.12. The molecule has 0 radical (unpaired) electrons. The molecule has 3 heteroatoms. The summed E-state index contributed by atoms with van der Waals surface area (Å²) in [5.74, 6) is 0. The van der Waals surface area contributed by atoms with E-state index in [0.717, 1.165) is 11.0 Å². The Morgan fingerprint density at radius 1 is 1.38 bits per heavy atom. The smallest absolute Gasteiger partial charge is 0.0522 e. The lowest BCUT2D eigenvalue weighted by molar-refractivity contribution is 0.412. The van der Waals surface area contributed by atoms with Gasteiger partial charge in [0.25, 0.3) is 0 Å². The molecule has 1 unspecified atom stereocenters. The number of halogens is 2. The molecule has 0 amide bonds. The number of benzene rings is 1. The van der Waals surface area contributed by atoms with E-state index in [1.54, 1.807) is 0 Å². The van der Waals surface area contributed by atoms with Crippen LogP contribution in [-0.2, 0) is 0 Å². The lowest BCUT2D eigenvalue weighted by atomic mass is 10.1. The lowest BCUT2D eigenvalue weighted by Gasteiger charge is -2.15. The summed E-state index contributed by atoms with van der Waals surface area (Å²) in [6.07, 6.45) is 0. The monoisotopic (exact) mass is 305 g/mol. The van der Waals surface area contributed by atoms with Crippen molar-refractivity contribution in [2.24, 2.45) is 0 Å². The van der Waals surface area contributed by atoms with Crippen LogP contribution in [-0.4, -0.2) is 25.5 Å². The minimum Gasteiger partial charge on any atom is -0.308 e. The summed E-state index contributed by atoms with van der Waals surface area (Å²) in [5, 5.41) is 0. The zero-order valence-corrected chi connectivity index (χ0v) is 11.0. The van der Waals surface area contributed by atoms with Crippen LogP contribution in [0.5, 0.6) is 0 Å². The van der Waals surface area contributed by atoms with Gasteiger partial charge in [0.05, 0.1) is 4.83 Å². The molecule has 1 aromatic carbocycles. The fourth-order valence-corrected chi connectivity index (χ4v) is 2.41. The molecular formula is C10H13Br2N. The summed E-state index contributed by atoms with van der Waals surface area (Å²) in [6, 6.07) is 8.37. The van der Waals surface area contributed by atoms with Crippen molar-refractivity contribution in [1.29, 1.82) is 0 Å². The first-order valence-electron chi connectivity index (χ1n) is 4.14. The third-order valence-electron chi connectivity index (χ3n) is 1.74. The van der Waals surface area contributed by atoms with Crippen molar-refractivity contribution in [3.05, 3.63) is 34.3 Å². The first-order chi connectivity index (χ1) is 6.09. The first kappa shape index (κ1) is 11.2. The Morgan fingerprint density at radius 3 is 2.62 bits per heavy atom. The van der Waals surface area contributed by atoms with Crippen LogP contribution < -0.4 is 0 Å². The Labute approximate surface area is 96.4 Å². The second-order valence-corrected chi connectivity index (χ2v) is 5.31. The molecule has 13 heavy (non-hydrogen) atoms. The summed E-state index contributed by atoms with van der Waals surface area (Å²) in [6.45, 7) is 1.01. The van der Waals surface area contributed by atoms with Crippen molar-refractivity contribution >= 4 is 31.9 Å². The fourth-order valence-electron chi connectivity index (χ4n) is 1.13. The van der Waals surface area contributed by atoms with Crippen molar-refractivity contribution in [2.75, 3.05) is 20.6 Å². The molecule has 0 N–H and O–H groups in total. The predicted molar refractivity (Wildman–Crippen MR) is 64.4 cm³/mol. The normalized spacial score (nSPS) is 13.3. The average molecular weight is 307 g/mol. The quantitative estimate of drug-likeness (QED) is 0.773. The van der Waals surface area contributed by atoms with Gasteiger partial charge in [0, 0.05) is 11.0 Å². The molecule has 1 nitrogen and oxygen atoms in total. The number of likely N-dealkylation sites (N-methyl/N-ethyl adjacent to an activating group) is 1. The van der Waals surface area contributed by atoms with E-state index in [1.165, 1.54) is 5.56 Å². The summed E-state index contributed by atoms with van der Waals surface area (Å²) < 4.78 is 1.13. The first-order valence-corrected chi connectivity index (χ1v) is 5.84. The number of hydrogen-bond donors (Lipinski definition) is 0.